The second-order valence-corrected chi connectivity index (χ2v) is 8.86. The number of aliphatic hydroxyl groups is 1. The largest absolute Gasteiger partial charge is 0.477 e. The van der Waals surface area contributed by atoms with Crippen molar-refractivity contribution >= 4 is 21.7 Å². The van der Waals surface area contributed by atoms with Crippen molar-refractivity contribution < 1.29 is 23.4 Å². The summed E-state index contributed by atoms with van der Waals surface area (Å²) in [5.74, 6) is -1.29. The highest BCUT2D eigenvalue weighted by Crippen LogP contribution is 2.38. The van der Waals surface area contributed by atoms with Gasteiger partial charge in [-0.2, -0.15) is 9.82 Å². The molecule has 1 atom stereocenters. The molecule has 0 amide bonds. The van der Waals surface area contributed by atoms with Gasteiger partial charge in [-0.1, -0.05) is 6.07 Å². The van der Waals surface area contributed by atoms with E-state index in [2.05, 4.69) is 21.2 Å². The van der Waals surface area contributed by atoms with Crippen LogP contribution >= 0.6 is 0 Å². The van der Waals surface area contributed by atoms with Gasteiger partial charge in [0.1, 0.15) is 5.69 Å². The number of carbonyl (C=O) groups is 1. The Morgan fingerprint density at radius 3 is 2.29 bits per heavy atom. The van der Waals surface area contributed by atoms with Crippen molar-refractivity contribution in [2.45, 2.75) is 49.9 Å². The van der Waals surface area contributed by atoms with E-state index in [-0.39, 0.29) is 5.69 Å². The first-order valence-electron chi connectivity index (χ1n) is 9.17. The van der Waals surface area contributed by atoms with Gasteiger partial charge >= 0.3 is 5.97 Å². The quantitative estimate of drug-likeness (QED) is 0.521. The summed E-state index contributed by atoms with van der Waals surface area (Å²) < 4.78 is 28.1. The molecule has 2 aliphatic rings. The molecule has 0 saturated carbocycles. The summed E-state index contributed by atoms with van der Waals surface area (Å²) >= 11 is 0. The molecule has 9 nitrogen and oxygen atoms in total. The van der Waals surface area contributed by atoms with Crippen LogP contribution in [0.15, 0.2) is 17.2 Å². The van der Waals surface area contributed by atoms with Crippen LogP contribution < -0.4 is 10.0 Å². The van der Waals surface area contributed by atoms with Crippen molar-refractivity contribution in [3.8, 4) is 0 Å². The molecule has 150 valence electrons. The highest BCUT2D eigenvalue weighted by atomic mass is 32.2. The minimum absolute atomic E-state index is 0.262. The van der Waals surface area contributed by atoms with Gasteiger partial charge < -0.3 is 15.5 Å². The first kappa shape index (κ1) is 18.9. The maximum absolute atomic E-state index is 12.5. The number of nitrogens with zero attached hydrogens (tertiary/aromatic N) is 2. The molecule has 0 spiro atoms. The van der Waals surface area contributed by atoms with Crippen molar-refractivity contribution in [3.05, 3.63) is 40.1 Å². The summed E-state index contributed by atoms with van der Waals surface area (Å²) in [6.07, 6.45) is 4.30. The Bertz CT molecular complexity index is 1030. The zero-order valence-corrected chi connectivity index (χ0v) is 16.2. The van der Waals surface area contributed by atoms with Gasteiger partial charge in [-0.25, -0.2) is 13.2 Å². The average Bonchev–Trinajstić information content (AvgIpc) is 3.32. The molecule has 0 radical (unpaired) electrons. The molecule has 4 N–H and O–H groups in total. The Kier molecular flexibility index (Phi) is 4.64. The lowest BCUT2D eigenvalue weighted by Crippen LogP contribution is -2.40. The van der Waals surface area contributed by atoms with E-state index < -0.39 is 27.4 Å². The molecule has 0 bridgehead atoms. The number of anilines is 1. The zero-order chi connectivity index (χ0) is 20.1. The fraction of sp³-hybridized carbons (Fsp3) is 0.444. The molecule has 4 rings (SSSR count). The molecule has 28 heavy (non-hydrogen) atoms. The first-order chi connectivity index (χ1) is 13.3. The number of sulfonamides is 1. The molecule has 0 fully saturated rings. The molecule has 1 aromatic carbocycles. The van der Waals surface area contributed by atoms with Gasteiger partial charge in [0.2, 0.25) is 0 Å². The second kappa shape index (κ2) is 6.87. The van der Waals surface area contributed by atoms with Crippen LogP contribution in [-0.4, -0.2) is 40.7 Å². The van der Waals surface area contributed by atoms with Gasteiger partial charge in [0, 0.05) is 18.8 Å². The van der Waals surface area contributed by atoms with E-state index in [4.69, 9.17) is 5.11 Å². The van der Waals surface area contributed by atoms with Crippen molar-refractivity contribution in [3.63, 3.8) is 0 Å². The average molecular weight is 406 g/mol. The third kappa shape index (κ3) is 3.27. The van der Waals surface area contributed by atoms with Gasteiger partial charge in [0.25, 0.3) is 10.0 Å². The Balaban J connectivity index is 1.58. The normalized spacial score (nSPS) is 16.6. The molecule has 2 aromatic rings. The van der Waals surface area contributed by atoms with Crippen LogP contribution in [0.1, 0.15) is 45.6 Å². The van der Waals surface area contributed by atoms with E-state index in [1.807, 2.05) is 0 Å². The molecular formula is C18H22N4O5S. The zero-order valence-electron chi connectivity index (χ0n) is 15.4. The predicted octanol–water partition coefficient (Wildman–Crippen LogP) is 0.762. The first-order valence-corrected chi connectivity index (χ1v) is 10.7. The number of benzene rings is 1. The number of carboxylic acids is 1. The van der Waals surface area contributed by atoms with Gasteiger partial charge in [0.15, 0.2) is 11.4 Å². The highest BCUT2D eigenvalue weighted by molar-refractivity contribution is 7.89. The molecule has 1 unspecified atom stereocenters. The van der Waals surface area contributed by atoms with Gasteiger partial charge in [-0.3, -0.25) is 4.68 Å². The van der Waals surface area contributed by atoms with E-state index in [1.54, 1.807) is 0 Å². The summed E-state index contributed by atoms with van der Waals surface area (Å²) in [5.41, 5.74) is 5.37. The number of carboxylic acid groups (broad SMARTS) is 1. The van der Waals surface area contributed by atoms with E-state index in [9.17, 15) is 18.3 Å². The number of aliphatic hydroxyl groups excluding tert-OH is 1. The van der Waals surface area contributed by atoms with Crippen molar-refractivity contribution in [1.29, 1.82) is 0 Å². The molecule has 0 saturated heterocycles. The minimum Gasteiger partial charge on any atom is -0.477 e. The van der Waals surface area contributed by atoms with Gasteiger partial charge in [0.05, 0.1) is 0 Å². The number of rotatable bonds is 6. The van der Waals surface area contributed by atoms with Crippen LogP contribution in [0.5, 0.6) is 0 Å². The monoisotopic (exact) mass is 406 g/mol. The van der Waals surface area contributed by atoms with Crippen LogP contribution in [0, 0.1) is 0 Å². The number of aromatic carboxylic acids is 1. The fourth-order valence-electron chi connectivity index (χ4n) is 4.14. The highest BCUT2D eigenvalue weighted by Gasteiger charge is 2.28. The van der Waals surface area contributed by atoms with Crippen molar-refractivity contribution in [2.75, 3.05) is 5.32 Å². The molecule has 2 aliphatic carbocycles. The molecule has 1 heterocycles. The molecule has 1 aromatic heterocycles. The number of aromatic nitrogens is 2. The second-order valence-electron chi connectivity index (χ2n) is 7.20. The van der Waals surface area contributed by atoms with Crippen LogP contribution in [0.25, 0.3) is 0 Å². The van der Waals surface area contributed by atoms with E-state index in [0.29, 0.717) is 0 Å². The van der Waals surface area contributed by atoms with Crippen LogP contribution in [0.3, 0.4) is 0 Å². The van der Waals surface area contributed by atoms with Crippen molar-refractivity contribution in [1.82, 2.24) is 14.5 Å². The fourth-order valence-corrected chi connectivity index (χ4v) is 5.11. The Labute approximate surface area is 162 Å². The van der Waals surface area contributed by atoms with Crippen LogP contribution in [-0.2, 0) is 42.8 Å². The topological polar surface area (TPSA) is 134 Å². The molecule has 0 aliphatic heterocycles. The summed E-state index contributed by atoms with van der Waals surface area (Å²) in [7, 11) is -2.86. The lowest BCUT2D eigenvalue weighted by Gasteiger charge is -2.21. The Morgan fingerprint density at radius 1 is 1.14 bits per heavy atom. The SMILES string of the molecule is Cn1nc(S(=O)(=O)NC(O)Nc2c3c(cc4c2CCC4)CCC3)cc1C(=O)O. The Morgan fingerprint density at radius 2 is 1.75 bits per heavy atom. The predicted molar refractivity (Wildman–Crippen MR) is 101 cm³/mol. The van der Waals surface area contributed by atoms with Crippen molar-refractivity contribution in [2.24, 2.45) is 7.05 Å². The number of nitrogens with one attached hydrogen (secondary N) is 2. The summed E-state index contributed by atoms with van der Waals surface area (Å²) in [6, 6.07) is 3.20. The standard InChI is InChI=1S/C18H22N4O5S/c1-22-14(17(23)24)9-15(20-22)28(26,27)21-18(25)19-16-12-6-2-4-10(12)8-11-5-3-7-13(11)16/h8-9,18-19,21,25H,2-7H2,1H3,(H,23,24). The lowest BCUT2D eigenvalue weighted by molar-refractivity contribution is 0.0685. The van der Waals surface area contributed by atoms with E-state index in [1.165, 1.54) is 18.2 Å². The number of hydrogen-bond acceptors (Lipinski definition) is 6. The Hall–Kier alpha value is -2.43. The van der Waals surface area contributed by atoms with E-state index in [0.717, 1.165) is 66.1 Å². The number of fused-ring (bicyclic) bond motifs is 2. The minimum atomic E-state index is -4.20. The van der Waals surface area contributed by atoms with Crippen LogP contribution in [0.4, 0.5) is 5.69 Å². The maximum atomic E-state index is 12.5. The summed E-state index contributed by atoms with van der Waals surface area (Å²) in [5, 5.41) is 25.6. The smallest absolute Gasteiger partial charge is 0.354 e. The maximum Gasteiger partial charge on any atom is 0.354 e. The molecule has 10 heteroatoms. The van der Waals surface area contributed by atoms with Gasteiger partial charge in [-0.15, -0.1) is 0 Å². The third-order valence-electron chi connectivity index (χ3n) is 5.37. The van der Waals surface area contributed by atoms with Crippen LogP contribution in [0.2, 0.25) is 0 Å². The molecular weight excluding hydrogens is 384 g/mol. The van der Waals surface area contributed by atoms with E-state index >= 15 is 0 Å². The number of aryl methyl sites for hydroxylation is 3. The number of hydrogen-bond donors (Lipinski definition) is 4. The lowest BCUT2D eigenvalue weighted by atomic mass is 9.99. The van der Waals surface area contributed by atoms with Gasteiger partial charge in [-0.05, 0) is 60.8 Å². The summed E-state index contributed by atoms with van der Waals surface area (Å²) in [4.78, 5) is 11.1. The third-order valence-corrected chi connectivity index (χ3v) is 6.66. The summed E-state index contributed by atoms with van der Waals surface area (Å²) in [6.45, 7) is 0.